The van der Waals surface area contributed by atoms with Gasteiger partial charge in [-0.1, -0.05) is 18.0 Å². The minimum Gasteiger partial charge on any atom is -0.361 e. The first kappa shape index (κ1) is 12.9. The first-order valence-electron chi connectivity index (χ1n) is 6.57. The fourth-order valence-electron chi connectivity index (χ4n) is 2.67. The van der Waals surface area contributed by atoms with E-state index in [1.54, 1.807) is 0 Å². The summed E-state index contributed by atoms with van der Waals surface area (Å²) in [6.45, 7) is 5.70. The molecule has 1 fully saturated rings. The standard InChI is InChI=1S/C13H21N3O2/c1-8(12-9(2)16-18-10(12)3)14-13(17)15-11-6-4-5-7-11/h8,11H,4-7H2,1-3H3,(H2,14,15,17). The van der Waals surface area contributed by atoms with E-state index < -0.39 is 0 Å². The van der Waals surface area contributed by atoms with E-state index in [2.05, 4.69) is 15.8 Å². The number of hydrogen-bond acceptors (Lipinski definition) is 3. The van der Waals surface area contributed by atoms with Crippen molar-refractivity contribution >= 4 is 6.03 Å². The van der Waals surface area contributed by atoms with Crippen molar-refractivity contribution < 1.29 is 9.32 Å². The molecule has 0 aliphatic heterocycles. The minimum atomic E-state index is -0.102. The third-order valence-corrected chi connectivity index (χ3v) is 3.56. The van der Waals surface area contributed by atoms with Gasteiger partial charge >= 0.3 is 6.03 Å². The molecule has 1 aliphatic rings. The van der Waals surface area contributed by atoms with Gasteiger partial charge in [-0.25, -0.2) is 4.79 Å². The number of amides is 2. The van der Waals surface area contributed by atoms with E-state index in [0.717, 1.165) is 29.9 Å². The lowest BCUT2D eigenvalue weighted by Gasteiger charge is -2.17. The van der Waals surface area contributed by atoms with E-state index in [1.165, 1.54) is 12.8 Å². The lowest BCUT2D eigenvalue weighted by atomic mass is 10.1. The highest BCUT2D eigenvalue weighted by atomic mass is 16.5. The van der Waals surface area contributed by atoms with Crippen LogP contribution in [0.15, 0.2) is 4.52 Å². The Morgan fingerprint density at radius 1 is 1.39 bits per heavy atom. The summed E-state index contributed by atoms with van der Waals surface area (Å²) in [6, 6.07) is 0.147. The Morgan fingerprint density at radius 3 is 2.61 bits per heavy atom. The second kappa shape index (κ2) is 5.42. The molecular weight excluding hydrogens is 230 g/mol. The van der Waals surface area contributed by atoms with Gasteiger partial charge in [-0.05, 0) is 33.6 Å². The van der Waals surface area contributed by atoms with Crippen molar-refractivity contribution in [2.75, 3.05) is 0 Å². The molecule has 1 unspecified atom stereocenters. The highest BCUT2D eigenvalue weighted by Gasteiger charge is 2.21. The molecule has 1 aromatic heterocycles. The van der Waals surface area contributed by atoms with Gasteiger partial charge < -0.3 is 15.2 Å². The van der Waals surface area contributed by atoms with Crippen LogP contribution in [0.3, 0.4) is 0 Å². The second-order valence-corrected chi connectivity index (χ2v) is 5.06. The molecule has 100 valence electrons. The average molecular weight is 251 g/mol. The zero-order valence-corrected chi connectivity index (χ0v) is 11.2. The van der Waals surface area contributed by atoms with Crippen molar-refractivity contribution in [3.63, 3.8) is 0 Å². The molecule has 5 nitrogen and oxygen atoms in total. The van der Waals surface area contributed by atoms with Crippen LogP contribution in [-0.4, -0.2) is 17.2 Å². The summed E-state index contributed by atoms with van der Waals surface area (Å²) in [5, 5.41) is 9.85. The number of carbonyl (C=O) groups excluding carboxylic acids is 1. The van der Waals surface area contributed by atoms with E-state index in [-0.39, 0.29) is 12.1 Å². The molecule has 1 aliphatic carbocycles. The van der Waals surface area contributed by atoms with E-state index in [4.69, 9.17) is 4.52 Å². The van der Waals surface area contributed by atoms with Crippen LogP contribution in [0.1, 0.15) is 55.7 Å². The highest BCUT2D eigenvalue weighted by Crippen LogP contribution is 2.21. The number of rotatable bonds is 3. The number of aryl methyl sites for hydroxylation is 2. The number of nitrogens with zero attached hydrogens (tertiary/aromatic N) is 1. The minimum absolute atomic E-state index is 0.0855. The van der Waals surface area contributed by atoms with Crippen LogP contribution < -0.4 is 10.6 Å². The molecule has 0 aromatic carbocycles. The maximum Gasteiger partial charge on any atom is 0.315 e. The van der Waals surface area contributed by atoms with E-state index >= 15 is 0 Å². The molecule has 0 radical (unpaired) electrons. The van der Waals surface area contributed by atoms with Gasteiger partial charge in [0.1, 0.15) is 5.76 Å². The van der Waals surface area contributed by atoms with Gasteiger partial charge in [0.05, 0.1) is 11.7 Å². The van der Waals surface area contributed by atoms with Crippen molar-refractivity contribution in [3.05, 3.63) is 17.0 Å². The Bertz CT molecular complexity index is 402. The molecule has 1 saturated carbocycles. The van der Waals surface area contributed by atoms with Crippen molar-refractivity contribution in [1.82, 2.24) is 15.8 Å². The summed E-state index contributed by atoms with van der Waals surface area (Å²) in [7, 11) is 0. The van der Waals surface area contributed by atoms with Crippen LogP contribution in [0.25, 0.3) is 0 Å². The van der Waals surface area contributed by atoms with Crippen molar-refractivity contribution in [2.24, 2.45) is 0 Å². The second-order valence-electron chi connectivity index (χ2n) is 5.06. The molecule has 2 amide bonds. The zero-order chi connectivity index (χ0) is 13.1. The van der Waals surface area contributed by atoms with Crippen LogP contribution in [0.4, 0.5) is 4.79 Å². The van der Waals surface area contributed by atoms with Crippen LogP contribution in [0, 0.1) is 13.8 Å². The van der Waals surface area contributed by atoms with Gasteiger partial charge in [-0.15, -0.1) is 0 Å². The topological polar surface area (TPSA) is 67.2 Å². The van der Waals surface area contributed by atoms with Gasteiger partial charge in [0.15, 0.2) is 0 Å². The average Bonchev–Trinajstić information content (AvgIpc) is 2.89. The molecule has 0 spiro atoms. The lowest BCUT2D eigenvalue weighted by molar-refractivity contribution is 0.234. The van der Waals surface area contributed by atoms with Crippen LogP contribution in [0.2, 0.25) is 0 Å². The Morgan fingerprint density at radius 2 is 2.06 bits per heavy atom. The van der Waals surface area contributed by atoms with E-state index in [1.807, 2.05) is 20.8 Å². The summed E-state index contributed by atoms with van der Waals surface area (Å²) >= 11 is 0. The molecule has 2 N–H and O–H groups in total. The summed E-state index contributed by atoms with van der Waals surface area (Å²) in [5.74, 6) is 0.765. The SMILES string of the molecule is Cc1noc(C)c1C(C)NC(=O)NC1CCCC1. The maximum absolute atomic E-state index is 11.9. The van der Waals surface area contributed by atoms with Gasteiger partial charge in [0.25, 0.3) is 0 Å². The predicted molar refractivity (Wildman–Crippen MR) is 68.3 cm³/mol. The summed E-state index contributed by atoms with van der Waals surface area (Å²) in [5.41, 5.74) is 1.80. The number of carbonyl (C=O) groups is 1. The molecule has 0 bridgehead atoms. The molecule has 1 heterocycles. The van der Waals surface area contributed by atoms with Crippen LogP contribution >= 0.6 is 0 Å². The monoisotopic (exact) mass is 251 g/mol. The number of nitrogens with one attached hydrogen (secondary N) is 2. The first-order chi connectivity index (χ1) is 8.58. The van der Waals surface area contributed by atoms with Crippen molar-refractivity contribution in [2.45, 2.75) is 58.5 Å². The number of aromatic nitrogens is 1. The summed E-state index contributed by atoms with van der Waals surface area (Å²) in [4.78, 5) is 11.9. The molecular formula is C13H21N3O2. The quantitative estimate of drug-likeness (QED) is 0.867. The summed E-state index contributed by atoms with van der Waals surface area (Å²) < 4.78 is 5.11. The molecule has 1 aromatic rings. The fraction of sp³-hybridized carbons (Fsp3) is 0.692. The third-order valence-electron chi connectivity index (χ3n) is 3.56. The lowest BCUT2D eigenvalue weighted by Crippen LogP contribution is -2.42. The van der Waals surface area contributed by atoms with Gasteiger partial charge in [-0.2, -0.15) is 0 Å². The third kappa shape index (κ3) is 2.83. The zero-order valence-electron chi connectivity index (χ0n) is 11.2. The first-order valence-corrected chi connectivity index (χ1v) is 6.57. The molecule has 2 rings (SSSR count). The Balaban J connectivity index is 1.90. The smallest absolute Gasteiger partial charge is 0.315 e. The van der Waals surface area contributed by atoms with E-state index in [0.29, 0.717) is 6.04 Å². The van der Waals surface area contributed by atoms with E-state index in [9.17, 15) is 4.79 Å². The highest BCUT2D eigenvalue weighted by molar-refractivity contribution is 5.74. The molecule has 18 heavy (non-hydrogen) atoms. The summed E-state index contributed by atoms with van der Waals surface area (Å²) in [6.07, 6.45) is 4.61. The fourth-order valence-corrected chi connectivity index (χ4v) is 2.67. The Kier molecular flexibility index (Phi) is 3.89. The normalized spacial score (nSPS) is 17.7. The molecule has 1 atom stereocenters. The van der Waals surface area contributed by atoms with Gasteiger partial charge in [0.2, 0.25) is 0 Å². The largest absolute Gasteiger partial charge is 0.361 e. The number of urea groups is 1. The maximum atomic E-state index is 11.9. The van der Waals surface area contributed by atoms with Crippen LogP contribution in [-0.2, 0) is 0 Å². The predicted octanol–water partition coefficient (Wildman–Crippen LogP) is 2.59. The van der Waals surface area contributed by atoms with Crippen molar-refractivity contribution in [1.29, 1.82) is 0 Å². The molecule has 0 saturated heterocycles. The van der Waals surface area contributed by atoms with Gasteiger partial charge in [0, 0.05) is 11.6 Å². The molecule has 5 heteroatoms. The Hall–Kier alpha value is -1.52. The van der Waals surface area contributed by atoms with Crippen LogP contribution in [0.5, 0.6) is 0 Å². The van der Waals surface area contributed by atoms with Gasteiger partial charge in [-0.3, -0.25) is 0 Å². The Labute approximate surface area is 107 Å². The number of hydrogen-bond donors (Lipinski definition) is 2. The van der Waals surface area contributed by atoms with Crippen molar-refractivity contribution in [3.8, 4) is 0 Å².